The predicted molar refractivity (Wildman–Crippen MR) is 79.3 cm³/mol. The Labute approximate surface area is 120 Å². The lowest BCUT2D eigenvalue weighted by Gasteiger charge is -2.26. The Kier molecular flexibility index (Phi) is 4.76. The van der Waals surface area contributed by atoms with E-state index in [1.54, 1.807) is 12.2 Å². The molecule has 0 atom stereocenters. The van der Waals surface area contributed by atoms with Crippen LogP contribution in [0.4, 0.5) is 0 Å². The van der Waals surface area contributed by atoms with Crippen molar-refractivity contribution in [1.29, 1.82) is 0 Å². The average Bonchev–Trinajstić information content (AvgIpc) is 2.38. The monoisotopic (exact) mass is 277 g/mol. The zero-order valence-electron chi connectivity index (χ0n) is 12.5. The fraction of sp³-hybridized carbons (Fsp3) is 0.467. The summed E-state index contributed by atoms with van der Waals surface area (Å²) in [5.74, 6) is -0.416. The van der Waals surface area contributed by atoms with Gasteiger partial charge in [0.1, 0.15) is 5.70 Å². The Morgan fingerprint density at radius 3 is 2.50 bits per heavy atom. The lowest BCUT2D eigenvalue weighted by Crippen LogP contribution is -2.47. The van der Waals surface area contributed by atoms with E-state index in [1.165, 1.54) is 0 Å². The zero-order valence-corrected chi connectivity index (χ0v) is 12.5. The topological polar surface area (TPSA) is 84.2 Å². The summed E-state index contributed by atoms with van der Waals surface area (Å²) in [6, 6.07) is 0. The van der Waals surface area contributed by atoms with E-state index >= 15 is 0 Å². The molecule has 0 unspecified atom stereocenters. The molecule has 0 aromatic carbocycles. The van der Waals surface area contributed by atoms with Crippen molar-refractivity contribution >= 4 is 11.8 Å². The third-order valence-electron chi connectivity index (χ3n) is 3.37. The highest BCUT2D eigenvalue weighted by Gasteiger charge is 2.24. The second-order valence-electron chi connectivity index (χ2n) is 5.74. The van der Waals surface area contributed by atoms with Crippen LogP contribution in [0.3, 0.4) is 0 Å². The summed E-state index contributed by atoms with van der Waals surface area (Å²) in [6.45, 7) is 11.7. The molecule has 1 aliphatic heterocycles. The van der Waals surface area contributed by atoms with E-state index in [2.05, 4.69) is 17.2 Å². The predicted octanol–water partition coefficient (Wildman–Crippen LogP) is 1.20. The molecule has 0 aromatic heterocycles. The van der Waals surface area contributed by atoms with Gasteiger partial charge in [-0.1, -0.05) is 33.8 Å². The number of carbonyl (C=O) groups is 2. The van der Waals surface area contributed by atoms with Crippen LogP contribution < -0.4 is 16.4 Å². The van der Waals surface area contributed by atoms with Crippen LogP contribution in [0, 0.1) is 11.3 Å². The van der Waals surface area contributed by atoms with E-state index in [4.69, 9.17) is 5.73 Å². The molecule has 1 heterocycles. The number of carbonyl (C=O) groups excluding carboxylic acids is 2. The first-order valence-electron chi connectivity index (χ1n) is 6.62. The smallest absolute Gasteiger partial charge is 0.268 e. The van der Waals surface area contributed by atoms with Crippen LogP contribution in [0.25, 0.3) is 0 Å². The van der Waals surface area contributed by atoms with Crippen molar-refractivity contribution in [3.8, 4) is 0 Å². The molecule has 0 saturated carbocycles. The van der Waals surface area contributed by atoms with Crippen molar-refractivity contribution in [2.24, 2.45) is 17.1 Å². The highest BCUT2D eigenvalue weighted by Crippen LogP contribution is 2.30. The lowest BCUT2D eigenvalue weighted by molar-refractivity contribution is -0.127. The molecule has 2 amide bonds. The van der Waals surface area contributed by atoms with E-state index in [0.717, 1.165) is 5.57 Å². The van der Waals surface area contributed by atoms with Gasteiger partial charge < -0.3 is 16.4 Å². The number of rotatable bonds is 4. The quantitative estimate of drug-likeness (QED) is 0.533. The van der Waals surface area contributed by atoms with Crippen molar-refractivity contribution in [1.82, 2.24) is 10.6 Å². The standard InChI is InChI=1S/C15H23N3O2/c1-6-15(4,5)13(16)10(9(2)3)7-11-14(20)17-8-12(19)18-11/h6-7,9H,1,8,16H2,2-5H3,(H,17,20)(H,18,19)/b11-7-,13-10-. The SMILES string of the molecule is C=CC(C)(C)/C(N)=C(\C=C1/NC(=O)CNC1=O)C(C)C. The maximum Gasteiger partial charge on any atom is 0.268 e. The minimum Gasteiger partial charge on any atom is -0.401 e. The van der Waals surface area contributed by atoms with Crippen LogP contribution in [0.2, 0.25) is 0 Å². The lowest BCUT2D eigenvalue weighted by atomic mass is 9.83. The van der Waals surface area contributed by atoms with E-state index in [9.17, 15) is 9.59 Å². The summed E-state index contributed by atoms with van der Waals surface area (Å²) in [7, 11) is 0. The molecule has 5 heteroatoms. The van der Waals surface area contributed by atoms with E-state index in [1.807, 2.05) is 27.7 Å². The fourth-order valence-corrected chi connectivity index (χ4v) is 1.80. The molecule has 1 saturated heterocycles. The summed E-state index contributed by atoms with van der Waals surface area (Å²) in [4.78, 5) is 23.1. The molecular weight excluding hydrogens is 254 g/mol. The van der Waals surface area contributed by atoms with Crippen LogP contribution >= 0.6 is 0 Å². The molecule has 5 nitrogen and oxygen atoms in total. The fourth-order valence-electron chi connectivity index (χ4n) is 1.80. The number of amides is 2. The van der Waals surface area contributed by atoms with Gasteiger partial charge in [0.25, 0.3) is 5.91 Å². The Bertz CT molecular complexity index is 499. The van der Waals surface area contributed by atoms with Crippen LogP contribution in [0.15, 0.2) is 35.7 Å². The average molecular weight is 277 g/mol. The highest BCUT2D eigenvalue weighted by atomic mass is 16.2. The molecular formula is C15H23N3O2. The molecule has 0 aliphatic carbocycles. The number of nitrogens with one attached hydrogen (secondary N) is 2. The Morgan fingerprint density at radius 2 is 2.00 bits per heavy atom. The molecule has 1 rings (SSSR count). The second kappa shape index (κ2) is 5.94. The maximum atomic E-state index is 11.8. The normalized spacial score (nSPS) is 19.6. The van der Waals surface area contributed by atoms with Gasteiger partial charge in [0.05, 0.1) is 6.54 Å². The van der Waals surface area contributed by atoms with Crippen LogP contribution in [0.1, 0.15) is 27.7 Å². The summed E-state index contributed by atoms with van der Waals surface area (Å²) in [6.07, 6.45) is 3.42. The van der Waals surface area contributed by atoms with E-state index < -0.39 is 0 Å². The van der Waals surface area contributed by atoms with Crippen molar-refractivity contribution in [3.63, 3.8) is 0 Å². The van der Waals surface area contributed by atoms with Gasteiger partial charge >= 0.3 is 0 Å². The molecule has 0 radical (unpaired) electrons. The first-order valence-corrected chi connectivity index (χ1v) is 6.62. The Morgan fingerprint density at radius 1 is 1.40 bits per heavy atom. The van der Waals surface area contributed by atoms with Crippen LogP contribution in [-0.4, -0.2) is 18.4 Å². The number of piperazine rings is 1. The van der Waals surface area contributed by atoms with Gasteiger partial charge in [-0.15, -0.1) is 6.58 Å². The van der Waals surface area contributed by atoms with Gasteiger partial charge in [-0.25, -0.2) is 0 Å². The third-order valence-corrected chi connectivity index (χ3v) is 3.37. The number of hydrogen-bond acceptors (Lipinski definition) is 3. The number of allylic oxidation sites excluding steroid dienone is 3. The minimum absolute atomic E-state index is 0.00450. The first kappa shape index (κ1) is 16.0. The maximum absolute atomic E-state index is 11.8. The number of nitrogens with two attached hydrogens (primary N) is 1. The van der Waals surface area contributed by atoms with Gasteiger partial charge in [0.2, 0.25) is 5.91 Å². The third kappa shape index (κ3) is 3.50. The second-order valence-corrected chi connectivity index (χ2v) is 5.74. The van der Waals surface area contributed by atoms with E-state index in [-0.39, 0.29) is 35.4 Å². The Balaban J connectivity index is 3.28. The van der Waals surface area contributed by atoms with Gasteiger partial charge in [0, 0.05) is 11.1 Å². The van der Waals surface area contributed by atoms with Gasteiger partial charge in [-0.05, 0) is 17.6 Å². The highest BCUT2D eigenvalue weighted by molar-refractivity contribution is 6.03. The van der Waals surface area contributed by atoms with Crippen LogP contribution in [0.5, 0.6) is 0 Å². The molecule has 1 aliphatic rings. The van der Waals surface area contributed by atoms with Crippen molar-refractivity contribution in [2.75, 3.05) is 6.54 Å². The van der Waals surface area contributed by atoms with Crippen molar-refractivity contribution < 1.29 is 9.59 Å². The van der Waals surface area contributed by atoms with Gasteiger partial charge in [0.15, 0.2) is 0 Å². The van der Waals surface area contributed by atoms with Gasteiger partial charge in [-0.2, -0.15) is 0 Å². The molecule has 1 fully saturated rings. The molecule has 0 bridgehead atoms. The first-order chi connectivity index (χ1) is 9.19. The molecule has 4 N–H and O–H groups in total. The van der Waals surface area contributed by atoms with Crippen LogP contribution in [-0.2, 0) is 9.59 Å². The summed E-state index contributed by atoms with van der Waals surface area (Å²) >= 11 is 0. The van der Waals surface area contributed by atoms with Gasteiger partial charge in [-0.3, -0.25) is 9.59 Å². The van der Waals surface area contributed by atoms with Crippen molar-refractivity contribution in [3.05, 3.63) is 35.7 Å². The zero-order chi connectivity index (χ0) is 15.5. The summed E-state index contributed by atoms with van der Waals surface area (Å²) in [5.41, 5.74) is 7.53. The Hall–Kier alpha value is -2.04. The minimum atomic E-state index is -0.383. The summed E-state index contributed by atoms with van der Waals surface area (Å²) < 4.78 is 0. The molecule has 20 heavy (non-hydrogen) atoms. The largest absolute Gasteiger partial charge is 0.401 e. The van der Waals surface area contributed by atoms with Crippen molar-refractivity contribution in [2.45, 2.75) is 27.7 Å². The van der Waals surface area contributed by atoms with E-state index in [0.29, 0.717) is 5.70 Å². The summed E-state index contributed by atoms with van der Waals surface area (Å²) in [5, 5.41) is 5.09. The molecule has 110 valence electrons. The number of hydrogen-bond donors (Lipinski definition) is 3. The molecule has 0 aromatic rings. The molecule has 0 spiro atoms.